The Morgan fingerprint density at radius 1 is 1.26 bits per heavy atom. The van der Waals surface area contributed by atoms with Gasteiger partial charge >= 0.3 is 0 Å². The Kier molecular flexibility index (Phi) is 9.42. The smallest absolute Gasteiger partial charge is 0.193 e. The number of benzene rings is 1. The van der Waals surface area contributed by atoms with E-state index in [2.05, 4.69) is 46.2 Å². The van der Waals surface area contributed by atoms with Crippen molar-refractivity contribution in [2.24, 2.45) is 10.9 Å². The van der Waals surface area contributed by atoms with Gasteiger partial charge in [-0.1, -0.05) is 19.1 Å². The molecular weight excluding hydrogens is 340 g/mol. The molecule has 0 amide bonds. The first-order valence-corrected chi connectivity index (χ1v) is 9.97. The minimum Gasteiger partial charge on any atom is -0.492 e. The highest BCUT2D eigenvalue weighted by Gasteiger charge is 2.18. The Bertz CT molecular complexity index is 571. The quantitative estimate of drug-likeness (QED) is 0.530. The van der Waals surface area contributed by atoms with Gasteiger partial charge < -0.3 is 24.6 Å². The fraction of sp³-hybridized carbons (Fsp3) is 0.667. The minimum atomic E-state index is 0.671. The number of methoxy groups -OCH3 is 1. The van der Waals surface area contributed by atoms with Crippen molar-refractivity contribution in [1.82, 2.24) is 15.1 Å². The summed E-state index contributed by atoms with van der Waals surface area (Å²) >= 11 is 0. The van der Waals surface area contributed by atoms with Gasteiger partial charge in [0.2, 0.25) is 0 Å². The van der Waals surface area contributed by atoms with Crippen molar-refractivity contribution in [2.75, 3.05) is 60.6 Å². The summed E-state index contributed by atoms with van der Waals surface area (Å²) in [6.45, 7) is 8.46. The lowest BCUT2D eigenvalue weighted by molar-refractivity contribution is 0.150. The average Bonchev–Trinajstić information content (AvgIpc) is 2.68. The van der Waals surface area contributed by atoms with Gasteiger partial charge in [0.05, 0.1) is 6.61 Å². The van der Waals surface area contributed by atoms with Gasteiger partial charge in [-0.25, -0.2) is 0 Å². The van der Waals surface area contributed by atoms with Gasteiger partial charge in [0.25, 0.3) is 0 Å². The summed E-state index contributed by atoms with van der Waals surface area (Å²) in [7, 11) is 5.67. The molecule has 1 N–H and O–H groups in total. The molecule has 6 nitrogen and oxygen atoms in total. The van der Waals surface area contributed by atoms with Gasteiger partial charge in [0.15, 0.2) is 5.96 Å². The number of piperidine rings is 1. The number of hydrogen-bond acceptors (Lipinski definition) is 4. The fourth-order valence-electron chi connectivity index (χ4n) is 3.16. The van der Waals surface area contributed by atoms with E-state index in [1.807, 2.05) is 19.2 Å². The molecule has 1 aliphatic heterocycles. The molecule has 27 heavy (non-hydrogen) atoms. The first kappa shape index (κ1) is 21.5. The van der Waals surface area contributed by atoms with Crippen molar-refractivity contribution >= 4 is 5.96 Å². The number of guanidine groups is 1. The molecule has 1 fully saturated rings. The Labute approximate surface area is 164 Å². The molecule has 6 heteroatoms. The highest BCUT2D eigenvalue weighted by molar-refractivity contribution is 5.79. The summed E-state index contributed by atoms with van der Waals surface area (Å²) in [6, 6.07) is 8.29. The third kappa shape index (κ3) is 7.77. The average molecular weight is 377 g/mol. The highest BCUT2D eigenvalue weighted by atomic mass is 16.5. The second kappa shape index (κ2) is 11.8. The predicted octanol–water partition coefficient (Wildman–Crippen LogP) is 2.45. The van der Waals surface area contributed by atoms with E-state index < -0.39 is 0 Å². The maximum Gasteiger partial charge on any atom is 0.193 e. The maximum atomic E-state index is 5.91. The minimum absolute atomic E-state index is 0.671. The molecule has 0 radical (unpaired) electrons. The van der Waals surface area contributed by atoms with Crippen LogP contribution in [-0.4, -0.2) is 76.4 Å². The van der Waals surface area contributed by atoms with Crippen LogP contribution in [0.1, 0.15) is 25.3 Å². The summed E-state index contributed by atoms with van der Waals surface area (Å²) in [5.41, 5.74) is 1.20. The van der Waals surface area contributed by atoms with E-state index in [-0.39, 0.29) is 0 Å². The summed E-state index contributed by atoms with van der Waals surface area (Å²) in [6.07, 6.45) is 2.48. The summed E-state index contributed by atoms with van der Waals surface area (Å²) in [4.78, 5) is 9.02. The zero-order valence-corrected chi connectivity index (χ0v) is 17.4. The number of nitrogens with zero attached hydrogens (tertiary/aromatic N) is 3. The van der Waals surface area contributed by atoms with Crippen molar-refractivity contribution in [2.45, 2.75) is 26.3 Å². The number of nitrogens with one attached hydrogen (secondary N) is 1. The molecule has 1 aliphatic rings. The van der Waals surface area contributed by atoms with E-state index in [4.69, 9.17) is 9.47 Å². The largest absolute Gasteiger partial charge is 0.492 e. The predicted molar refractivity (Wildman–Crippen MR) is 111 cm³/mol. The highest BCUT2D eigenvalue weighted by Crippen LogP contribution is 2.16. The zero-order chi connectivity index (χ0) is 19.5. The van der Waals surface area contributed by atoms with E-state index in [0.29, 0.717) is 6.61 Å². The molecule has 2 rings (SSSR count). The first-order chi connectivity index (χ1) is 13.1. The lowest BCUT2D eigenvalue weighted by atomic mass is 10.00. The maximum absolute atomic E-state index is 5.91. The Morgan fingerprint density at radius 3 is 2.70 bits per heavy atom. The van der Waals surface area contributed by atoms with Crippen molar-refractivity contribution in [1.29, 1.82) is 0 Å². The Balaban J connectivity index is 1.77. The van der Waals surface area contributed by atoms with Crippen LogP contribution < -0.4 is 10.1 Å². The van der Waals surface area contributed by atoms with Crippen LogP contribution in [0.25, 0.3) is 0 Å². The van der Waals surface area contributed by atoms with Crippen LogP contribution in [0.5, 0.6) is 5.75 Å². The summed E-state index contributed by atoms with van der Waals surface area (Å²) < 4.78 is 11.0. The molecule has 152 valence electrons. The van der Waals surface area contributed by atoms with E-state index >= 15 is 0 Å². The third-order valence-corrected chi connectivity index (χ3v) is 5.06. The monoisotopic (exact) mass is 376 g/mol. The van der Waals surface area contributed by atoms with E-state index in [1.165, 1.54) is 18.4 Å². The molecule has 1 saturated heterocycles. The second-order valence-corrected chi connectivity index (χ2v) is 7.36. The second-order valence-electron chi connectivity index (χ2n) is 7.36. The lowest BCUT2D eigenvalue weighted by Gasteiger charge is -2.32. The van der Waals surface area contributed by atoms with Crippen molar-refractivity contribution in [3.05, 3.63) is 29.8 Å². The van der Waals surface area contributed by atoms with Gasteiger partial charge in [-0.15, -0.1) is 0 Å². The molecule has 0 spiro atoms. The molecule has 0 bridgehead atoms. The van der Waals surface area contributed by atoms with E-state index in [0.717, 1.165) is 57.0 Å². The number of aliphatic imine (C=N–C) groups is 1. The van der Waals surface area contributed by atoms with Crippen LogP contribution in [0.2, 0.25) is 0 Å². The van der Waals surface area contributed by atoms with Crippen LogP contribution in [-0.2, 0) is 11.3 Å². The Hall–Kier alpha value is -1.79. The molecule has 1 aromatic carbocycles. The van der Waals surface area contributed by atoms with Crippen LogP contribution in [0.15, 0.2) is 29.3 Å². The molecular formula is C21H36N4O2. The van der Waals surface area contributed by atoms with Crippen LogP contribution in [0, 0.1) is 5.92 Å². The van der Waals surface area contributed by atoms with E-state index in [1.54, 1.807) is 7.11 Å². The number of likely N-dealkylation sites (tertiary alicyclic amines) is 1. The SMILES string of the molecule is CN=C(NCc1cccc(OCCN(C)CCOC)c1)N1CCC(C)CC1. The normalized spacial score (nSPS) is 16.0. The molecule has 0 saturated carbocycles. The summed E-state index contributed by atoms with van der Waals surface area (Å²) in [5.74, 6) is 2.73. The lowest BCUT2D eigenvalue weighted by Crippen LogP contribution is -2.45. The molecule has 1 heterocycles. The third-order valence-electron chi connectivity index (χ3n) is 5.06. The molecule has 0 aliphatic carbocycles. The molecule has 0 aromatic heterocycles. The number of rotatable bonds is 9. The van der Waals surface area contributed by atoms with Gasteiger partial charge in [-0.05, 0) is 43.5 Å². The molecule has 0 unspecified atom stereocenters. The number of likely N-dealkylation sites (N-methyl/N-ethyl adjacent to an activating group) is 1. The van der Waals surface area contributed by atoms with Crippen molar-refractivity contribution in [3.8, 4) is 5.75 Å². The topological polar surface area (TPSA) is 49.3 Å². The summed E-state index contributed by atoms with van der Waals surface area (Å²) in [5, 5.41) is 3.49. The molecule has 0 atom stereocenters. The van der Waals surface area contributed by atoms with Crippen molar-refractivity contribution in [3.63, 3.8) is 0 Å². The van der Waals surface area contributed by atoms with Gasteiger partial charge in [-0.2, -0.15) is 0 Å². The van der Waals surface area contributed by atoms with Crippen molar-refractivity contribution < 1.29 is 9.47 Å². The number of ether oxygens (including phenoxy) is 2. The first-order valence-electron chi connectivity index (χ1n) is 9.97. The standard InChI is InChI=1S/C21H36N4O2/c1-18-8-10-25(11-9-18)21(22-2)23-17-19-6-5-7-20(16-19)27-15-13-24(3)12-14-26-4/h5-7,16,18H,8-15,17H2,1-4H3,(H,22,23). The van der Waals surface area contributed by atoms with Gasteiger partial charge in [-0.3, -0.25) is 4.99 Å². The van der Waals surface area contributed by atoms with Gasteiger partial charge in [0, 0.05) is 46.9 Å². The van der Waals surface area contributed by atoms with Gasteiger partial charge in [0.1, 0.15) is 12.4 Å². The molecule has 1 aromatic rings. The van der Waals surface area contributed by atoms with Crippen LogP contribution in [0.4, 0.5) is 0 Å². The fourth-order valence-corrected chi connectivity index (χ4v) is 3.16. The van der Waals surface area contributed by atoms with Crippen LogP contribution in [0.3, 0.4) is 0 Å². The number of hydrogen-bond donors (Lipinski definition) is 1. The Morgan fingerprint density at radius 2 is 2.00 bits per heavy atom. The van der Waals surface area contributed by atoms with Crippen LogP contribution >= 0.6 is 0 Å². The van der Waals surface area contributed by atoms with E-state index in [9.17, 15) is 0 Å². The zero-order valence-electron chi connectivity index (χ0n) is 17.4.